The van der Waals surface area contributed by atoms with E-state index in [1.54, 1.807) is 18.0 Å². The van der Waals surface area contributed by atoms with Gasteiger partial charge in [-0.3, -0.25) is 0 Å². The van der Waals surface area contributed by atoms with Crippen molar-refractivity contribution in [3.63, 3.8) is 0 Å². The molecule has 1 N–H and O–H groups in total. The fourth-order valence-electron chi connectivity index (χ4n) is 1.68. The Morgan fingerprint density at radius 3 is 3.08 bits per heavy atom. The molecule has 1 aromatic heterocycles. The zero-order valence-corrected chi connectivity index (χ0v) is 8.30. The van der Waals surface area contributed by atoms with Gasteiger partial charge in [-0.25, -0.2) is 0 Å². The van der Waals surface area contributed by atoms with Crippen molar-refractivity contribution in [2.45, 2.75) is 36.4 Å². The Hall–Kier alpha value is -0.410. The summed E-state index contributed by atoms with van der Waals surface area (Å²) < 4.78 is 5.23. The van der Waals surface area contributed by atoms with Gasteiger partial charge in [-0.05, 0) is 31.4 Å². The average Bonchev–Trinajstić information content (AvgIpc) is 2.72. The van der Waals surface area contributed by atoms with Crippen LogP contribution in [0.3, 0.4) is 0 Å². The van der Waals surface area contributed by atoms with Crippen molar-refractivity contribution in [3.8, 4) is 0 Å². The van der Waals surface area contributed by atoms with Crippen molar-refractivity contribution >= 4 is 11.8 Å². The van der Waals surface area contributed by atoms with Gasteiger partial charge in [0.25, 0.3) is 0 Å². The minimum atomic E-state index is -0.0973. The van der Waals surface area contributed by atoms with Gasteiger partial charge < -0.3 is 9.52 Å². The minimum Gasteiger partial charge on any atom is -0.468 e. The summed E-state index contributed by atoms with van der Waals surface area (Å²) in [6, 6.07) is 3.88. The van der Waals surface area contributed by atoms with E-state index in [1.165, 1.54) is 0 Å². The van der Waals surface area contributed by atoms with Crippen LogP contribution in [0.4, 0.5) is 0 Å². The molecule has 0 bridgehead atoms. The first-order valence-electron chi connectivity index (χ1n) is 4.68. The van der Waals surface area contributed by atoms with Crippen LogP contribution in [-0.4, -0.2) is 16.5 Å². The second-order valence-electron chi connectivity index (χ2n) is 3.43. The predicted octanol–water partition coefficient (Wildman–Crippen LogP) is 2.43. The summed E-state index contributed by atoms with van der Waals surface area (Å²) in [4.78, 5) is 0. The Kier molecular flexibility index (Phi) is 2.96. The zero-order chi connectivity index (χ0) is 9.10. The van der Waals surface area contributed by atoms with E-state index in [-0.39, 0.29) is 6.10 Å². The van der Waals surface area contributed by atoms with E-state index in [0.717, 1.165) is 30.8 Å². The van der Waals surface area contributed by atoms with Crippen LogP contribution in [0.15, 0.2) is 22.8 Å². The number of rotatable bonds is 3. The standard InChI is InChI=1S/C10H14O2S/c11-9-4-1-5-10(9)13-7-8-3-2-6-12-8/h2-3,6,9-11H,1,4-5,7H2/t9-,10-/m1/s1. The van der Waals surface area contributed by atoms with Gasteiger partial charge in [0.2, 0.25) is 0 Å². The number of thioether (sulfide) groups is 1. The van der Waals surface area contributed by atoms with E-state index in [9.17, 15) is 5.11 Å². The summed E-state index contributed by atoms with van der Waals surface area (Å²) in [6.07, 6.45) is 4.88. The van der Waals surface area contributed by atoms with E-state index < -0.39 is 0 Å². The summed E-state index contributed by atoms with van der Waals surface area (Å²) in [7, 11) is 0. The minimum absolute atomic E-state index is 0.0973. The van der Waals surface area contributed by atoms with Gasteiger partial charge in [0, 0.05) is 5.25 Å². The molecule has 2 rings (SSSR count). The molecule has 2 atom stereocenters. The first kappa shape index (κ1) is 9.16. The van der Waals surface area contributed by atoms with E-state index in [2.05, 4.69) is 0 Å². The van der Waals surface area contributed by atoms with E-state index in [0.29, 0.717) is 5.25 Å². The lowest BCUT2D eigenvalue weighted by atomic mass is 10.3. The Labute approximate surface area is 82.3 Å². The molecular formula is C10H14O2S. The van der Waals surface area contributed by atoms with Gasteiger partial charge in [0.1, 0.15) is 5.76 Å². The van der Waals surface area contributed by atoms with Crippen LogP contribution in [0.5, 0.6) is 0 Å². The molecule has 0 spiro atoms. The Morgan fingerprint density at radius 1 is 1.54 bits per heavy atom. The van der Waals surface area contributed by atoms with E-state index in [1.807, 2.05) is 12.1 Å². The van der Waals surface area contributed by atoms with Crippen molar-refractivity contribution in [3.05, 3.63) is 24.2 Å². The normalized spacial score (nSPS) is 28.1. The molecular weight excluding hydrogens is 184 g/mol. The number of furan rings is 1. The van der Waals surface area contributed by atoms with E-state index in [4.69, 9.17) is 4.42 Å². The highest BCUT2D eigenvalue weighted by atomic mass is 32.2. The Balaban J connectivity index is 1.79. The second kappa shape index (κ2) is 4.20. The number of hydrogen-bond acceptors (Lipinski definition) is 3. The molecule has 3 heteroatoms. The van der Waals surface area contributed by atoms with Crippen LogP contribution in [0.25, 0.3) is 0 Å². The third-order valence-electron chi connectivity index (χ3n) is 2.44. The summed E-state index contributed by atoms with van der Waals surface area (Å²) in [5, 5.41) is 9.99. The van der Waals surface area contributed by atoms with Crippen LogP contribution < -0.4 is 0 Å². The van der Waals surface area contributed by atoms with Crippen molar-refractivity contribution in [1.29, 1.82) is 0 Å². The fraction of sp³-hybridized carbons (Fsp3) is 0.600. The molecule has 0 amide bonds. The van der Waals surface area contributed by atoms with Gasteiger partial charge >= 0.3 is 0 Å². The van der Waals surface area contributed by atoms with Crippen LogP contribution in [0.1, 0.15) is 25.0 Å². The maximum atomic E-state index is 9.57. The van der Waals surface area contributed by atoms with Crippen molar-refractivity contribution in [2.24, 2.45) is 0 Å². The molecule has 1 aromatic rings. The van der Waals surface area contributed by atoms with Gasteiger partial charge in [-0.15, -0.1) is 11.8 Å². The highest BCUT2D eigenvalue weighted by Gasteiger charge is 2.25. The van der Waals surface area contributed by atoms with Crippen LogP contribution in [0, 0.1) is 0 Å². The second-order valence-corrected chi connectivity index (χ2v) is 4.65. The van der Waals surface area contributed by atoms with Gasteiger partial charge in [0.15, 0.2) is 0 Å². The molecule has 0 radical (unpaired) electrons. The molecule has 1 fully saturated rings. The highest BCUT2D eigenvalue weighted by Crippen LogP contribution is 2.31. The largest absolute Gasteiger partial charge is 0.468 e. The smallest absolute Gasteiger partial charge is 0.113 e. The third kappa shape index (κ3) is 2.29. The van der Waals surface area contributed by atoms with Crippen LogP contribution in [-0.2, 0) is 5.75 Å². The molecule has 0 unspecified atom stereocenters. The Morgan fingerprint density at radius 2 is 2.46 bits per heavy atom. The quantitative estimate of drug-likeness (QED) is 0.809. The fourth-order valence-corrected chi connectivity index (χ4v) is 2.92. The summed E-state index contributed by atoms with van der Waals surface area (Å²) in [6.45, 7) is 0. The van der Waals surface area contributed by atoms with Gasteiger partial charge in [0.05, 0.1) is 18.1 Å². The summed E-state index contributed by atoms with van der Waals surface area (Å²) >= 11 is 1.81. The van der Waals surface area contributed by atoms with Crippen molar-refractivity contribution < 1.29 is 9.52 Å². The van der Waals surface area contributed by atoms with Crippen molar-refractivity contribution in [1.82, 2.24) is 0 Å². The van der Waals surface area contributed by atoms with E-state index >= 15 is 0 Å². The molecule has 0 aliphatic heterocycles. The topological polar surface area (TPSA) is 33.4 Å². The molecule has 2 nitrogen and oxygen atoms in total. The first-order chi connectivity index (χ1) is 6.36. The van der Waals surface area contributed by atoms with Crippen LogP contribution >= 0.6 is 11.8 Å². The molecule has 1 heterocycles. The molecule has 1 saturated carbocycles. The zero-order valence-electron chi connectivity index (χ0n) is 7.48. The number of aliphatic hydroxyl groups excluding tert-OH is 1. The summed E-state index contributed by atoms with van der Waals surface area (Å²) in [5.74, 6) is 1.89. The lowest BCUT2D eigenvalue weighted by Gasteiger charge is -2.12. The molecule has 72 valence electrons. The summed E-state index contributed by atoms with van der Waals surface area (Å²) in [5.41, 5.74) is 0. The lowest BCUT2D eigenvalue weighted by molar-refractivity contribution is 0.188. The lowest BCUT2D eigenvalue weighted by Crippen LogP contribution is -2.15. The first-order valence-corrected chi connectivity index (χ1v) is 5.73. The molecule has 1 aliphatic rings. The number of aliphatic hydroxyl groups is 1. The molecule has 0 aromatic carbocycles. The Bertz CT molecular complexity index is 245. The molecule has 13 heavy (non-hydrogen) atoms. The van der Waals surface area contributed by atoms with Gasteiger partial charge in [-0.2, -0.15) is 0 Å². The monoisotopic (exact) mass is 198 g/mol. The average molecular weight is 198 g/mol. The maximum absolute atomic E-state index is 9.57. The number of hydrogen-bond donors (Lipinski definition) is 1. The SMILES string of the molecule is O[C@@H]1CCC[C@H]1SCc1ccco1. The predicted molar refractivity (Wildman–Crippen MR) is 53.6 cm³/mol. The van der Waals surface area contributed by atoms with Gasteiger partial charge in [-0.1, -0.05) is 0 Å². The van der Waals surface area contributed by atoms with Crippen molar-refractivity contribution in [2.75, 3.05) is 0 Å². The van der Waals surface area contributed by atoms with Crippen LogP contribution in [0.2, 0.25) is 0 Å². The highest BCUT2D eigenvalue weighted by molar-refractivity contribution is 7.99. The molecule has 1 aliphatic carbocycles. The third-order valence-corrected chi connectivity index (χ3v) is 3.87. The molecule has 0 saturated heterocycles. The maximum Gasteiger partial charge on any atom is 0.113 e.